The van der Waals surface area contributed by atoms with Gasteiger partial charge in [-0.15, -0.1) is 0 Å². The van der Waals surface area contributed by atoms with Gasteiger partial charge in [-0.3, -0.25) is 0 Å². The zero-order valence-corrected chi connectivity index (χ0v) is 6.05. The van der Waals surface area contributed by atoms with E-state index in [1.807, 2.05) is 0 Å². The number of carbonyl (C=O) groups is 1. The maximum absolute atomic E-state index is 10.6. The minimum Gasteiger partial charge on any atom is -0.464 e. The van der Waals surface area contributed by atoms with Gasteiger partial charge in [0.05, 0.1) is 13.2 Å². The maximum Gasteiger partial charge on any atom is 0.319 e. The molecule has 0 N–H and O–H groups in total. The molecule has 0 unspecified atom stereocenters. The van der Waals surface area contributed by atoms with Gasteiger partial charge in [0.15, 0.2) is 5.70 Å². The second-order valence-corrected chi connectivity index (χ2v) is 1.65. The normalized spacial score (nSPS) is 10.3. The molecule has 0 amide bonds. The Kier molecular flexibility index (Phi) is 3.97. The summed E-state index contributed by atoms with van der Waals surface area (Å²) in [6.45, 7) is 10.1. The first-order valence-corrected chi connectivity index (χ1v) is 2.93. The monoisotopic (exact) mass is 139 g/mol. The van der Waals surface area contributed by atoms with Gasteiger partial charge >= 0.3 is 5.97 Å². The summed E-state index contributed by atoms with van der Waals surface area (Å²) < 4.78 is 4.56. The van der Waals surface area contributed by atoms with Crippen LogP contribution in [-0.2, 0) is 9.53 Å². The number of allylic oxidation sites excluding steroid dienone is 1. The Labute approximate surface area is 60.1 Å². The summed E-state index contributed by atoms with van der Waals surface area (Å²) in [5.41, 5.74) is 0.346. The molecule has 10 heavy (non-hydrogen) atoms. The highest BCUT2D eigenvalue weighted by Gasteiger charge is 1.95. The Morgan fingerprint density at radius 1 is 1.80 bits per heavy atom. The van der Waals surface area contributed by atoms with Crippen molar-refractivity contribution in [2.24, 2.45) is 0 Å². The minimum absolute atomic E-state index is 0.346. The molecule has 0 bridgehead atoms. The Hall–Kier alpha value is -1.30. The van der Waals surface area contributed by atoms with Gasteiger partial charge in [0.1, 0.15) is 0 Å². The topological polar surface area (TPSA) is 30.7 Å². The van der Waals surface area contributed by atoms with Crippen LogP contribution in [-0.4, -0.2) is 12.6 Å². The van der Waals surface area contributed by atoms with Crippen molar-refractivity contribution in [1.82, 2.24) is 0 Å². The fourth-order valence-electron chi connectivity index (χ4n) is 0.387. The highest BCUT2D eigenvalue weighted by atomic mass is 16.5. The molecule has 3 heteroatoms. The fourth-order valence-corrected chi connectivity index (χ4v) is 0.387. The van der Waals surface area contributed by atoms with Crippen LogP contribution in [0.25, 0.3) is 4.85 Å². The van der Waals surface area contributed by atoms with Crippen molar-refractivity contribution in [2.45, 2.75) is 13.8 Å². The second kappa shape index (κ2) is 4.57. The van der Waals surface area contributed by atoms with Crippen molar-refractivity contribution in [3.8, 4) is 0 Å². The van der Waals surface area contributed by atoms with E-state index in [1.54, 1.807) is 13.8 Å². The lowest BCUT2D eigenvalue weighted by Crippen LogP contribution is -1.99. The van der Waals surface area contributed by atoms with Crippen molar-refractivity contribution in [3.05, 3.63) is 23.2 Å². The molecule has 0 aliphatic carbocycles. The molecule has 3 nitrogen and oxygen atoms in total. The molecule has 0 spiro atoms. The zero-order valence-electron chi connectivity index (χ0n) is 6.05. The lowest BCUT2D eigenvalue weighted by atomic mass is 10.4. The van der Waals surface area contributed by atoms with Gasteiger partial charge in [0, 0.05) is 6.08 Å². The van der Waals surface area contributed by atoms with E-state index < -0.39 is 5.97 Å². The van der Waals surface area contributed by atoms with Crippen LogP contribution in [0, 0.1) is 6.57 Å². The predicted octanol–water partition coefficient (Wildman–Crippen LogP) is 1.37. The Balaban J connectivity index is 3.90. The van der Waals surface area contributed by atoms with Gasteiger partial charge in [-0.1, -0.05) is 0 Å². The molecule has 0 heterocycles. The molecular formula is C7H9NO2. The number of rotatable bonds is 2. The van der Waals surface area contributed by atoms with Crippen LogP contribution in [0.3, 0.4) is 0 Å². The Morgan fingerprint density at radius 3 is 2.80 bits per heavy atom. The molecule has 0 aromatic rings. The van der Waals surface area contributed by atoms with Crippen molar-refractivity contribution < 1.29 is 9.53 Å². The van der Waals surface area contributed by atoms with E-state index in [0.717, 1.165) is 0 Å². The molecule has 0 aliphatic rings. The molecule has 0 aliphatic heterocycles. The average molecular weight is 139 g/mol. The molecule has 0 saturated heterocycles. The van der Waals surface area contributed by atoms with Crippen molar-refractivity contribution >= 4 is 5.97 Å². The molecule has 0 rings (SSSR count). The third-order valence-electron chi connectivity index (χ3n) is 0.790. The van der Waals surface area contributed by atoms with E-state index in [-0.39, 0.29) is 0 Å². The third-order valence-corrected chi connectivity index (χ3v) is 0.790. The Morgan fingerprint density at radius 2 is 2.40 bits per heavy atom. The van der Waals surface area contributed by atoms with Crippen LogP contribution in [0.4, 0.5) is 0 Å². The minimum atomic E-state index is -0.448. The summed E-state index contributed by atoms with van der Waals surface area (Å²) in [5, 5.41) is 0. The van der Waals surface area contributed by atoms with E-state index in [4.69, 9.17) is 6.57 Å². The smallest absolute Gasteiger partial charge is 0.319 e. The van der Waals surface area contributed by atoms with E-state index in [1.165, 1.54) is 6.08 Å². The summed E-state index contributed by atoms with van der Waals surface area (Å²) in [7, 11) is 0. The quantitative estimate of drug-likeness (QED) is 0.328. The largest absolute Gasteiger partial charge is 0.464 e. The summed E-state index contributed by atoms with van der Waals surface area (Å²) in [6, 6.07) is 0. The van der Waals surface area contributed by atoms with E-state index in [2.05, 4.69) is 9.58 Å². The lowest BCUT2D eigenvalue weighted by molar-refractivity contribution is -0.137. The molecule has 0 fully saturated rings. The standard InChI is InChI=1S/C7H9NO2/c1-4-10-7(9)5-6(2)8-3/h5H,4H2,1-2H3/b6-5+. The molecule has 0 radical (unpaired) electrons. The first-order chi connectivity index (χ1) is 4.70. The van der Waals surface area contributed by atoms with Gasteiger partial charge in [0.2, 0.25) is 0 Å². The number of esters is 1. The van der Waals surface area contributed by atoms with Crippen molar-refractivity contribution in [1.29, 1.82) is 0 Å². The van der Waals surface area contributed by atoms with E-state index >= 15 is 0 Å². The third kappa shape index (κ3) is 3.67. The van der Waals surface area contributed by atoms with E-state index in [0.29, 0.717) is 12.3 Å². The van der Waals surface area contributed by atoms with Crippen LogP contribution in [0.15, 0.2) is 11.8 Å². The van der Waals surface area contributed by atoms with Crippen molar-refractivity contribution in [3.63, 3.8) is 0 Å². The molecule has 0 saturated carbocycles. The summed E-state index contributed by atoms with van der Waals surface area (Å²) >= 11 is 0. The Bertz CT molecular complexity index is 188. The first-order valence-electron chi connectivity index (χ1n) is 2.93. The maximum atomic E-state index is 10.6. The van der Waals surface area contributed by atoms with Gasteiger partial charge in [0.25, 0.3) is 0 Å². The summed E-state index contributed by atoms with van der Waals surface area (Å²) in [6.07, 6.45) is 1.18. The van der Waals surface area contributed by atoms with Gasteiger partial charge in [-0.05, 0) is 13.8 Å². The number of carbonyl (C=O) groups excluding carboxylic acids is 1. The SMILES string of the molecule is [C-]#[N+]/C(C)=C/C(=O)OCC. The van der Waals surface area contributed by atoms with Crippen molar-refractivity contribution in [2.75, 3.05) is 6.61 Å². The van der Waals surface area contributed by atoms with Gasteiger partial charge < -0.3 is 4.74 Å². The predicted molar refractivity (Wildman–Crippen MR) is 37.0 cm³/mol. The van der Waals surface area contributed by atoms with Crippen LogP contribution in [0.1, 0.15) is 13.8 Å². The second-order valence-electron chi connectivity index (χ2n) is 1.65. The highest BCUT2D eigenvalue weighted by Crippen LogP contribution is 1.93. The summed E-state index contributed by atoms with van der Waals surface area (Å²) in [4.78, 5) is 13.6. The van der Waals surface area contributed by atoms with Crippen LogP contribution in [0.2, 0.25) is 0 Å². The number of hydrogen-bond acceptors (Lipinski definition) is 2. The molecule has 0 aromatic carbocycles. The summed E-state index contributed by atoms with van der Waals surface area (Å²) in [5.74, 6) is -0.448. The number of ether oxygens (including phenoxy) is 1. The van der Waals surface area contributed by atoms with E-state index in [9.17, 15) is 4.79 Å². The van der Waals surface area contributed by atoms with Gasteiger partial charge in [-0.2, -0.15) is 0 Å². The van der Waals surface area contributed by atoms with Gasteiger partial charge in [-0.25, -0.2) is 9.64 Å². The lowest BCUT2D eigenvalue weighted by Gasteiger charge is -1.93. The fraction of sp³-hybridized carbons (Fsp3) is 0.429. The molecule has 54 valence electrons. The average Bonchev–Trinajstić information content (AvgIpc) is 1.88. The highest BCUT2D eigenvalue weighted by molar-refractivity contribution is 5.82. The van der Waals surface area contributed by atoms with Crippen LogP contribution < -0.4 is 0 Å². The van der Waals surface area contributed by atoms with Crippen LogP contribution in [0.5, 0.6) is 0 Å². The molecular weight excluding hydrogens is 130 g/mol. The molecule has 0 atom stereocenters. The van der Waals surface area contributed by atoms with Crippen LogP contribution >= 0.6 is 0 Å². The number of nitrogens with zero attached hydrogens (tertiary/aromatic N) is 1. The molecule has 0 aromatic heterocycles. The zero-order chi connectivity index (χ0) is 7.98. The first kappa shape index (κ1) is 8.70. The number of hydrogen-bond donors (Lipinski definition) is 0.